The van der Waals surface area contributed by atoms with Crippen LogP contribution in [0.3, 0.4) is 0 Å². The van der Waals surface area contributed by atoms with Crippen molar-refractivity contribution in [3.05, 3.63) is 43.6 Å². The largest absolute Gasteiger partial charge is 0.394 e. The average Bonchev–Trinajstić information content (AvgIpc) is 3.10. The lowest BCUT2D eigenvalue weighted by Gasteiger charge is -2.20. The van der Waals surface area contributed by atoms with Crippen LogP contribution in [-0.4, -0.2) is 44.7 Å². The zero-order valence-electron chi connectivity index (χ0n) is 19.0. The summed E-state index contributed by atoms with van der Waals surface area (Å²) in [5.41, 5.74) is 5.10. The number of likely N-dealkylation sites (N-methyl/N-ethyl adjacent to an activating group) is 1. The summed E-state index contributed by atoms with van der Waals surface area (Å²) < 4.78 is 2.04. The summed E-state index contributed by atoms with van der Waals surface area (Å²) in [5, 5.41) is 27.3. The minimum absolute atomic E-state index is 0.0262. The fourth-order valence-electron chi connectivity index (χ4n) is 2.66. The Labute approximate surface area is 195 Å². The Morgan fingerprint density at radius 2 is 2.15 bits per heavy atom. The van der Waals surface area contributed by atoms with Crippen molar-refractivity contribution in [1.82, 2.24) is 19.9 Å². The predicted octanol–water partition coefficient (Wildman–Crippen LogP) is 0.119. The van der Waals surface area contributed by atoms with E-state index in [0.717, 1.165) is 11.3 Å². The fraction of sp³-hybridized carbons (Fsp3) is 0.409. The van der Waals surface area contributed by atoms with E-state index in [9.17, 15) is 20.0 Å². The van der Waals surface area contributed by atoms with E-state index in [4.69, 9.17) is 0 Å². The van der Waals surface area contributed by atoms with Crippen LogP contribution < -0.4 is 30.7 Å². The second-order valence-corrected chi connectivity index (χ2v) is 8.13. The van der Waals surface area contributed by atoms with Crippen LogP contribution in [0.25, 0.3) is 11.5 Å². The van der Waals surface area contributed by atoms with Crippen molar-refractivity contribution in [3.8, 4) is 6.07 Å². The van der Waals surface area contributed by atoms with Crippen molar-refractivity contribution in [3.63, 3.8) is 0 Å². The van der Waals surface area contributed by atoms with Crippen molar-refractivity contribution in [2.45, 2.75) is 40.3 Å². The maximum absolute atomic E-state index is 12.7. The van der Waals surface area contributed by atoms with Gasteiger partial charge in [0.1, 0.15) is 21.1 Å². The summed E-state index contributed by atoms with van der Waals surface area (Å²) in [7, 11) is 0. The molecule has 11 heteroatoms. The highest BCUT2D eigenvalue weighted by atomic mass is 32.1. The predicted molar refractivity (Wildman–Crippen MR) is 128 cm³/mol. The molecule has 33 heavy (non-hydrogen) atoms. The number of nitrogens with zero attached hydrogens (tertiary/aromatic N) is 4. The minimum Gasteiger partial charge on any atom is -0.394 e. The third-order valence-electron chi connectivity index (χ3n) is 4.50. The highest BCUT2D eigenvalue weighted by Gasteiger charge is 2.12. The van der Waals surface area contributed by atoms with Crippen molar-refractivity contribution in [2.24, 2.45) is 5.92 Å². The van der Waals surface area contributed by atoms with Gasteiger partial charge < -0.3 is 21.1 Å². The molecule has 4 N–H and O–H groups in total. The molecule has 0 saturated heterocycles. The number of hydrogen-bond acceptors (Lipinski definition) is 9. The second kappa shape index (κ2) is 12.4. The quantitative estimate of drug-likeness (QED) is 0.299. The van der Waals surface area contributed by atoms with Gasteiger partial charge in [0.2, 0.25) is 5.95 Å². The Kier molecular flexibility index (Phi) is 9.61. The molecule has 2 rings (SSSR count). The van der Waals surface area contributed by atoms with Crippen LogP contribution in [0.15, 0.2) is 28.8 Å². The van der Waals surface area contributed by atoms with E-state index in [1.54, 1.807) is 26.1 Å². The average molecular weight is 470 g/mol. The molecule has 10 nitrogen and oxygen atoms in total. The molecule has 0 unspecified atom stereocenters. The first-order chi connectivity index (χ1) is 15.8. The standard InChI is InChI=1S/C22H27N7O3S/c1-5-24-20(31)15(12-23)11-19-29(6-2)21(32)17(33-19)7-9-25-22-26-10-8-18(28-22)27-16(13-30)14(3)4/h8-10,14,16,30H,5-6,13H2,1-4H3,(H,24,31)(H2,25,26,27,28)/t7?,11?,16-/m0/s1. The number of thiazole rings is 1. The molecule has 0 aromatic carbocycles. The summed E-state index contributed by atoms with van der Waals surface area (Å²) in [5.74, 6) is 0.506. The summed E-state index contributed by atoms with van der Waals surface area (Å²) in [6.07, 6.45) is 2.99. The number of aliphatic hydroxyl groups excluding tert-OH is 1. The number of aliphatic hydroxyl groups is 1. The van der Waals surface area contributed by atoms with Crippen LogP contribution in [0, 0.1) is 17.2 Å². The van der Waals surface area contributed by atoms with E-state index >= 15 is 0 Å². The molecule has 0 aliphatic heterocycles. The molecule has 2 aromatic rings. The number of rotatable bonds is 9. The number of nitriles is 1. The lowest BCUT2D eigenvalue weighted by molar-refractivity contribution is -0.116. The maximum atomic E-state index is 12.7. The summed E-state index contributed by atoms with van der Waals surface area (Å²) in [4.78, 5) is 33.1. The maximum Gasteiger partial charge on any atom is 0.277 e. The molecule has 2 heterocycles. The zero-order chi connectivity index (χ0) is 24.4. The van der Waals surface area contributed by atoms with Crippen molar-refractivity contribution in [1.29, 1.82) is 5.26 Å². The van der Waals surface area contributed by atoms with Gasteiger partial charge in [-0.3, -0.25) is 14.2 Å². The van der Waals surface area contributed by atoms with E-state index in [1.165, 1.54) is 10.8 Å². The number of carbonyl (C=O) groups excluding carboxylic acids is 1. The molecule has 1 amide bonds. The summed E-state index contributed by atoms with van der Waals surface area (Å²) in [6, 6.07) is 3.36. The van der Waals surface area contributed by atoms with Gasteiger partial charge in [-0.15, -0.1) is 0 Å². The summed E-state index contributed by atoms with van der Waals surface area (Å²) >= 11 is 1.07. The smallest absolute Gasteiger partial charge is 0.277 e. The minimum atomic E-state index is -0.544. The Balaban J connectivity index is 2.42. The monoisotopic (exact) mass is 469 g/mol. The van der Waals surface area contributed by atoms with Gasteiger partial charge >= 0.3 is 0 Å². The molecule has 0 saturated carbocycles. The first-order valence-corrected chi connectivity index (χ1v) is 11.3. The van der Waals surface area contributed by atoms with E-state index in [2.05, 4.69) is 37.4 Å². The zero-order valence-corrected chi connectivity index (χ0v) is 19.8. The third kappa shape index (κ3) is 6.91. The van der Waals surface area contributed by atoms with Crippen LogP contribution in [0.1, 0.15) is 27.7 Å². The number of hydrogen-bond donors (Lipinski definition) is 4. The Bertz CT molecular complexity index is 1280. The van der Waals surface area contributed by atoms with Gasteiger partial charge in [0.15, 0.2) is 5.57 Å². The van der Waals surface area contributed by atoms with Crippen LogP contribution in [-0.2, 0) is 11.3 Å². The molecule has 0 spiro atoms. The second-order valence-electron chi connectivity index (χ2n) is 7.13. The number of aromatic nitrogens is 3. The van der Waals surface area contributed by atoms with Crippen molar-refractivity contribution in [2.75, 3.05) is 23.8 Å². The van der Waals surface area contributed by atoms with Gasteiger partial charge in [0.25, 0.3) is 11.5 Å². The fourth-order valence-corrected chi connectivity index (χ4v) is 3.64. The number of nitrogens with one attached hydrogen (secondary N) is 3. The molecule has 0 aliphatic carbocycles. The van der Waals surface area contributed by atoms with Crippen molar-refractivity contribution < 1.29 is 9.90 Å². The van der Waals surface area contributed by atoms with E-state index in [-0.39, 0.29) is 40.2 Å². The van der Waals surface area contributed by atoms with Crippen LogP contribution in [0.4, 0.5) is 11.8 Å². The molecule has 1 atom stereocenters. The van der Waals surface area contributed by atoms with E-state index < -0.39 is 5.91 Å². The summed E-state index contributed by atoms with van der Waals surface area (Å²) in [6.45, 7) is 8.21. The Morgan fingerprint density at radius 3 is 2.76 bits per heavy atom. The first-order valence-electron chi connectivity index (χ1n) is 10.5. The Hall–Kier alpha value is -3.67. The van der Waals surface area contributed by atoms with Crippen LogP contribution >= 0.6 is 11.3 Å². The van der Waals surface area contributed by atoms with Gasteiger partial charge in [0.05, 0.1) is 12.6 Å². The molecular formula is C22H27N7O3S. The van der Waals surface area contributed by atoms with Crippen LogP contribution in [0.2, 0.25) is 0 Å². The molecular weight excluding hydrogens is 442 g/mol. The van der Waals surface area contributed by atoms with E-state index in [1.807, 2.05) is 19.9 Å². The molecule has 0 bridgehead atoms. The van der Waals surface area contributed by atoms with Gasteiger partial charge in [0, 0.05) is 25.5 Å². The molecule has 0 aliphatic rings. The van der Waals surface area contributed by atoms with Gasteiger partial charge in [-0.2, -0.15) is 10.2 Å². The SMILES string of the molecule is CCNC(=O)C(=C=c1sc(=C=CNc2nccc(N[C@@H](CO)C(C)C)n2)c(=O)n1CC)C#N. The number of amides is 1. The molecule has 2 aromatic heterocycles. The highest BCUT2D eigenvalue weighted by molar-refractivity contribution is 7.07. The topological polar surface area (TPSA) is 145 Å². The van der Waals surface area contributed by atoms with Crippen molar-refractivity contribution >= 4 is 40.5 Å². The van der Waals surface area contributed by atoms with Gasteiger partial charge in [-0.05, 0) is 25.8 Å². The Morgan fingerprint density at radius 1 is 1.39 bits per heavy atom. The first kappa shape index (κ1) is 25.6. The lowest BCUT2D eigenvalue weighted by Crippen LogP contribution is -2.30. The van der Waals surface area contributed by atoms with Gasteiger partial charge in [-0.25, -0.2) is 4.98 Å². The molecule has 174 valence electrons. The van der Waals surface area contributed by atoms with Gasteiger partial charge in [-0.1, -0.05) is 36.6 Å². The lowest BCUT2D eigenvalue weighted by atomic mass is 10.1. The van der Waals surface area contributed by atoms with Crippen LogP contribution in [0.5, 0.6) is 0 Å². The molecule has 0 fully saturated rings. The number of anilines is 2. The normalized spacial score (nSPS) is 11.1. The molecule has 0 radical (unpaired) electrons. The highest BCUT2D eigenvalue weighted by Crippen LogP contribution is 2.11. The van der Waals surface area contributed by atoms with E-state index in [0.29, 0.717) is 23.6 Å². The third-order valence-corrected chi connectivity index (χ3v) is 5.51. The number of carbonyl (C=O) groups is 1.